The van der Waals surface area contributed by atoms with Crippen LogP contribution in [0, 0.1) is 11.7 Å². The monoisotopic (exact) mass is 301 g/mol. The molecule has 0 aliphatic carbocycles. The average Bonchev–Trinajstić information content (AvgIpc) is 2.33. The standard InChI is InChI=1S/C14H21BrFN/c1-3-5-7-10(4-2)14(17)11-8-6-9-12(15)13(11)16/h6,8-10,14H,3-5,7,17H2,1-2H3. The van der Waals surface area contributed by atoms with Gasteiger partial charge in [0.25, 0.3) is 0 Å². The Morgan fingerprint density at radius 3 is 2.65 bits per heavy atom. The molecule has 2 atom stereocenters. The third kappa shape index (κ3) is 3.78. The third-order valence-electron chi connectivity index (χ3n) is 3.30. The predicted molar refractivity (Wildman–Crippen MR) is 74.3 cm³/mol. The van der Waals surface area contributed by atoms with Crippen LogP contribution in [0.4, 0.5) is 4.39 Å². The van der Waals surface area contributed by atoms with Crippen molar-refractivity contribution in [3.05, 3.63) is 34.1 Å². The molecule has 1 nitrogen and oxygen atoms in total. The molecule has 0 heterocycles. The van der Waals surface area contributed by atoms with Crippen LogP contribution in [0.1, 0.15) is 51.1 Å². The molecule has 0 spiro atoms. The lowest BCUT2D eigenvalue weighted by molar-refractivity contribution is 0.369. The van der Waals surface area contributed by atoms with Gasteiger partial charge in [-0.2, -0.15) is 0 Å². The Balaban J connectivity index is 2.85. The summed E-state index contributed by atoms with van der Waals surface area (Å²) in [6.45, 7) is 4.29. The topological polar surface area (TPSA) is 26.0 Å². The highest BCUT2D eigenvalue weighted by atomic mass is 79.9. The number of hydrogen-bond acceptors (Lipinski definition) is 1. The predicted octanol–water partition coefficient (Wildman–Crippen LogP) is 4.80. The number of rotatable bonds is 6. The minimum Gasteiger partial charge on any atom is -0.324 e. The molecule has 0 aliphatic rings. The summed E-state index contributed by atoms with van der Waals surface area (Å²) < 4.78 is 14.4. The van der Waals surface area contributed by atoms with E-state index in [1.807, 2.05) is 6.07 Å². The van der Waals surface area contributed by atoms with Gasteiger partial charge in [-0.25, -0.2) is 4.39 Å². The first-order chi connectivity index (χ1) is 8.11. The van der Waals surface area contributed by atoms with E-state index in [4.69, 9.17) is 5.73 Å². The Morgan fingerprint density at radius 1 is 1.35 bits per heavy atom. The highest BCUT2D eigenvalue weighted by Gasteiger charge is 2.21. The van der Waals surface area contributed by atoms with Gasteiger partial charge in [0.1, 0.15) is 5.82 Å². The molecular weight excluding hydrogens is 281 g/mol. The smallest absolute Gasteiger partial charge is 0.142 e. The van der Waals surface area contributed by atoms with Gasteiger partial charge in [-0.15, -0.1) is 0 Å². The van der Waals surface area contributed by atoms with Crippen LogP contribution in [-0.4, -0.2) is 0 Å². The number of unbranched alkanes of at least 4 members (excludes halogenated alkanes) is 1. The van der Waals surface area contributed by atoms with Crippen molar-refractivity contribution >= 4 is 15.9 Å². The fourth-order valence-electron chi connectivity index (χ4n) is 2.14. The molecule has 1 aromatic rings. The number of halogens is 2. The van der Waals surface area contributed by atoms with E-state index in [2.05, 4.69) is 29.8 Å². The molecule has 0 aromatic heterocycles. The van der Waals surface area contributed by atoms with E-state index < -0.39 is 0 Å². The first-order valence-electron chi connectivity index (χ1n) is 6.31. The highest BCUT2D eigenvalue weighted by Crippen LogP contribution is 2.30. The van der Waals surface area contributed by atoms with E-state index >= 15 is 0 Å². The van der Waals surface area contributed by atoms with E-state index in [9.17, 15) is 4.39 Å². The Morgan fingerprint density at radius 2 is 2.06 bits per heavy atom. The van der Waals surface area contributed by atoms with E-state index in [1.165, 1.54) is 0 Å². The summed E-state index contributed by atoms with van der Waals surface area (Å²) in [5.74, 6) is 0.147. The summed E-state index contributed by atoms with van der Waals surface area (Å²) in [6, 6.07) is 5.14. The van der Waals surface area contributed by atoms with E-state index in [0.29, 0.717) is 16.0 Å². The lowest BCUT2D eigenvalue weighted by Gasteiger charge is -2.23. The highest BCUT2D eigenvalue weighted by molar-refractivity contribution is 9.10. The van der Waals surface area contributed by atoms with Gasteiger partial charge in [0.05, 0.1) is 4.47 Å². The Hall–Kier alpha value is -0.410. The quantitative estimate of drug-likeness (QED) is 0.802. The van der Waals surface area contributed by atoms with E-state index in [0.717, 1.165) is 25.7 Å². The zero-order valence-electron chi connectivity index (χ0n) is 10.5. The molecule has 17 heavy (non-hydrogen) atoms. The van der Waals surface area contributed by atoms with Gasteiger partial charge < -0.3 is 5.73 Å². The molecule has 1 aromatic carbocycles. The van der Waals surface area contributed by atoms with Crippen molar-refractivity contribution in [2.75, 3.05) is 0 Å². The third-order valence-corrected chi connectivity index (χ3v) is 3.91. The van der Waals surface area contributed by atoms with Crippen molar-refractivity contribution in [2.24, 2.45) is 11.7 Å². The summed E-state index contributed by atoms with van der Waals surface area (Å²) in [7, 11) is 0. The Kier molecular flexibility index (Phi) is 6.14. The summed E-state index contributed by atoms with van der Waals surface area (Å²) in [4.78, 5) is 0. The molecule has 2 N–H and O–H groups in total. The lowest BCUT2D eigenvalue weighted by atomic mass is 9.87. The van der Waals surface area contributed by atoms with Gasteiger partial charge in [-0.05, 0) is 34.3 Å². The van der Waals surface area contributed by atoms with Crippen LogP contribution in [-0.2, 0) is 0 Å². The average molecular weight is 302 g/mol. The fraction of sp³-hybridized carbons (Fsp3) is 0.571. The van der Waals surface area contributed by atoms with Crippen molar-refractivity contribution < 1.29 is 4.39 Å². The molecule has 0 bridgehead atoms. The van der Waals surface area contributed by atoms with Crippen LogP contribution in [0.5, 0.6) is 0 Å². The molecule has 1 rings (SSSR count). The maximum atomic E-state index is 13.9. The largest absolute Gasteiger partial charge is 0.324 e. The Bertz CT molecular complexity index is 354. The number of nitrogens with two attached hydrogens (primary N) is 1. The molecule has 96 valence electrons. The molecule has 0 radical (unpaired) electrons. The maximum absolute atomic E-state index is 13.9. The summed E-state index contributed by atoms with van der Waals surface area (Å²) in [5, 5.41) is 0. The van der Waals surface area contributed by atoms with Crippen LogP contribution in [0.3, 0.4) is 0 Å². The second kappa shape index (κ2) is 7.12. The minimum absolute atomic E-state index is 0.205. The zero-order valence-corrected chi connectivity index (χ0v) is 12.1. The summed E-state index contributed by atoms with van der Waals surface area (Å²) in [5.41, 5.74) is 6.83. The van der Waals surface area contributed by atoms with E-state index in [1.54, 1.807) is 12.1 Å². The summed E-state index contributed by atoms with van der Waals surface area (Å²) >= 11 is 3.21. The van der Waals surface area contributed by atoms with Gasteiger partial charge in [0, 0.05) is 11.6 Å². The molecule has 0 fully saturated rings. The van der Waals surface area contributed by atoms with Crippen LogP contribution in [0.2, 0.25) is 0 Å². The molecule has 0 saturated carbocycles. The van der Waals surface area contributed by atoms with Crippen molar-refractivity contribution in [3.8, 4) is 0 Å². The normalized spacial score (nSPS) is 14.6. The molecule has 0 aliphatic heterocycles. The van der Waals surface area contributed by atoms with Gasteiger partial charge in [-0.3, -0.25) is 0 Å². The number of benzene rings is 1. The molecule has 3 heteroatoms. The van der Waals surface area contributed by atoms with E-state index in [-0.39, 0.29) is 11.9 Å². The van der Waals surface area contributed by atoms with Gasteiger partial charge >= 0.3 is 0 Å². The van der Waals surface area contributed by atoms with Gasteiger partial charge in [0.15, 0.2) is 0 Å². The van der Waals surface area contributed by atoms with Crippen molar-refractivity contribution in [2.45, 2.75) is 45.6 Å². The number of hydrogen-bond donors (Lipinski definition) is 1. The first kappa shape index (κ1) is 14.7. The summed E-state index contributed by atoms with van der Waals surface area (Å²) in [6.07, 6.45) is 4.37. The zero-order chi connectivity index (χ0) is 12.8. The van der Waals surface area contributed by atoms with Crippen LogP contribution in [0.15, 0.2) is 22.7 Å². The lowest BCUT2D eigenvalue weighted by Crippen LogP contribution is -2.22. The molecule has 2 unspecified atom stereocenters. The van der Waals surface area contributed by atoms with Crippen LogP contribution >= 0.6 is 15.9 Å². The molecular formula is C14H21BrFN. The van der Waals surface area contributed by atoms with Crippen molar-refractivity contribution in [1.29, 1.82) is 0 Å². The molecule has 0 saturated heterocycles. The van der Waals surface area contributed by atoms with Crippen LogP contribution < -0.4 is 5.73 Å². The SMILES string of the molecule is CCCCC(CC)C(N)c1cccc(Br)c1F. The van der Waals surface area contributed by atoms with Crippen molar-refractivity contribution in [3.63, 3.8) is 0 Å². The molecule has 0 amide bonds. The van der Waals surface area contributed by atoms with Gasteiger partial charge in [-0.1, -0.05) is 45.2 Å². The second-order valence-corrected chi connectivity index (χ2v) is 5.33. The second-order valence-electron chi connectivity index (χ2n) is 4.48. The fourth-order valence-corrected chi connectivity index (χ4v) is 2.52. The minimum atomic E-state index is -0.213. The first-order valence-corrected chi connectivity index (χ1v) is 7.10. The maximum Gasteiger partial charge on any atom is 0.142 e. The van der Waals surface area contributed by atoms with Crippen LogP contribution in [0.25, 0.3) is 0 Å². The van der Waals surface area contributed by atoms with Gasteiger partial charge in [0.2, 0.25) is 0 Å². The van der Waals surface area contributed by atoms with Crippen molar-refractivity contribution in [1.82, 2.24) is 0 Å². The Labute approximate surface area is 112 Å².